The Morgan fingerprint density at radius 2 is 2.00 bits per heavy atom. The van der Waals surface area contributed by atoms with Gasteiger partial charge in [0.15, 0.2) is 0 Å². The number of aromatic nitrogens is 1. The zero-order valence-corrected chi connectivity index (χ0v) is 17.4. The van der Waals surface area contributed by atoms with E-state index in [9.17, 15) is 9.59 Å². The standard InChI is InChI=1S/C23H28N2O4/c1-15-11-17(10-9-16-12-24-19-8-6-5-7-18(16)19)29-22(27)20(15)21(26)25-13-23(2,3)14-28-4/h5-8,11-12,24H,9-10,13-14H2,1-4H3,(H,25,26). The Balaban J connectivity index is 1.70. The van der Waals surface area contributed by atoms with Gasteiger partial charge in [0, 0.05) is 42.6 Å². The highest BCUT2D eigenvalue weighted by molar-refractivity contribution is 5.95. The molecule has 0 radical (unpaired) electrons. The number of fused-ring (bicyclic) bond motifs is 1. The minimum Gasteiger partial charge on any atom is -0.427 e. The number of hydrogen-bond donors (Lipinski definition) is 2. The maximum Gasteiger partial charge on any atom is 0.349 e. The van der Waals surface area contributed by atoms with E-state index >= 15 is 0 Å². The predicted octanol–water partition coefficient (Wildman–Crippen LogP) is 3.62. The minimum atomic E-state index is -0.596. The number of methoxy groups -OCH3 is 1. The highest BCUT2D eigenvalue weighted by Crippen LogP contribution is 2.20. The highest BCUT2D eigenvalue weighted by Gasteiger charge is 2.22. The summed E-state index contributed by atoms with van der Waals surface area (Å²) in [6, 6.07) is 9.88. The maximum absolute atomic E-state index is 12.5. The number of aryl methyl sites for hydroxylation is 3. The van der Waals surface area contributed by atoms with Crippen LogP contribution < -0.4 is 10.9 Å². The van der Waals surface area contributed by atoms with E-state index in [-0.39, 0.29) is 11.0 Å². The van der Waals surface area contributed by atoms with Crippen molar-refractivity contribution in [2.75, 3.05) is 20.3 Å². The van der Waals surface area contributed by atoms with Gasteiger partial charge in [-0.15, -0.1) is 0 Å². The zero-order chi connectivity index (χ0) is 21.0. The van der Waals surface area contributed by atoms with E-state index in [4.69, 9.17) is 9.15 Å². The molecule has 0 atom stereocenters. The first kappa shape index (κ1) is 20.9. The molecule has 29 heavy (non-hydrogen) atoms. The van der Waals surface area contributed by atoms with Crippen molar-refractivity contribution in [3.8, 4) is 0 Å². The van der Waals surface area contributed by atoms with Gasteiger partial charge in [0.25, 0.3) is 5.91 Å². The summed E-state index contributed by atoms with van der Waals surface area (Å²) >= 11 is 0. The molecule has 0 bridgehead atoms. The van der Waals surface area contributed by atoms with Gasteiger partial charge in [-0.2, -0.15) is 0 Å². The second kappa shape index (κ2) is 8.66. The van der Waals surface area contributed by atoms with Crippen molar-refractivity contribution in [2.24, 2.45) is 5.41 Å². The molecule has 154 valence electrons. The Bertz CT molecular complexity index is 1060. The molecular weight excluding hydrogens is 368 g/mol. The summed E-state index contributed by atoms with van der Waals surface area (Å²) in [6.45, 7) is 6.65. The average molecular weight is 396 g/mol. The van der Waals surface area contributed by atoms with Crippen molar-refractivity contribution in [3.05, 3.63) is 69.4 Å². The Morgan fingerprint density at radius 1 is 1.24 bits per heavy atom. The maximum atomic E-state index is 12.5. The van der Waals surface area contributed by atoms with Crippen molar-refractivity contribution in [1.82, 2.24) is 10.3 Å². The summed E-state index contributed by atoms with van der Waals surface area (Å²) in [5, 5.41) is 3.98. The van der Waals surface area contributed by atoms with E-state index in [1.165, 1.54) is 10.9 Å². The van der Waals surface area contributed by atoms with Crippen molar-refractivity contribution < 1.29 is 13.9 Å². The number of benzene rings is 1. The molecule has 0 saturated heterocycles. The van der Waals surface area contributed by atoms with Gasteiger partial charge in [-0.25, -0.2) is 4.79 Å². The minimum absolute atomic E-state index is 0.0639. The fraction of sp³-hybridized carbons (Fsp3) is 0.391. The molecule has 0 unspecified atom stereocenters. The molecule has 0 fully saturated rings. The molecule has 6 heteroatoms. The number of rotatable bonds is 8. The van der Waals surface area contributed by atoms with Crippen LogP contribution in [-0.2, 0) is 17.6 Å². The quantitative estimate of drug-likeness (QED) is 0.609. The Hall–Kier alpha value is -2.86. The molecule has 1 aromatic carbocycles. The van der Waals surface area contributed by atoms with E-state index in [0.717, 1.165) is 11.9 Å². The lowest BCUT2D eigenvalue weighted by Crippen LogP contribution is -2.38. The van der Waals surface area contributed by atoms with Crippen LogP contribution in [0.25, 0.3) is 10.9 Å². The molecule has 0 spiro atoms. The molecule has 0 aliphatic rings. The first-order chi connectivity index (χ1) is 13.8. The topological polar surface area (TPSA) is 84.3 Å². The molecule has 3 aromatic rings. The molecule has 6 nitrogen and oxygen atoms in total. The van der Waals surface area contributed by atoms with Crippen LogP contribution >= 0.6 is 0 Å². The predicted molar refractivity (Wildman–Crippen MR) is 113 cm³/mol. The van der Waals surface area contributed by atoms with Gasteiger partial charge >= 0.3 is 5.63 Å². The third-order valence-electron chi connectivity index (χ3n) is 5.01. The lowest BCUT2D eigenvalue weighted by atomic mass is 9.94. The summed E-state index contributed by atoms with van der Waals surface area (Å²) in [5.74, 6) is 0.164. The van der Waals surface area contributed by atoms with Crippen LogP contribution in [0, 0.1) is 12.3 Å². The van der Waals surface area contributed by atoms with E-state index in [2.05, 4.69) is 16.4 Å². The van der Waals surface area contributed by atoms with Crippen LogP contribution in [-0.4, -0.2) is 31.2 Å². The molecule has 0 saturated carbocycles. The van der Waals surface area contributed by atoms with Crippen LogP contribution in [0.1, 0.15) is 41.1 Å². The van der Waals surface area contributed by atoms with Crippen LogP contribution in [0.15, 0.2) is 45.7 Å². The van der Waals surface area contributed by atoms with Gasteiger partial charge in [0.05, 0.1) is 6.61 Å². The number of hydrogen-bond acceptors (Lipinski definition) is 4. The van der Waals surface area contributed by atoms with Crippen LogP contribution in [0.4, 0.5) is 0 Å². The molecule has 2 heterocycles. The van der Waals surface area contributed by atoms with Crippen molar-refractivity contribution in [1.29, 1.82) is 0 Å². The fourth-order valence-electron chi connectivity index (χ4n) is 3.52. The zero-order valence-electron chi connectivity index (χ0n) is 17.4. The van der Waals surface area contributed by atoms with Gasteiger partial charge in [0.2, 0.25) is 0 Å². The van der Waals surface area contributed by atoms with Crippen LogP contribution in [0.5, 0.6) is 0 Å². The number of nitrogens with one attached hydrogen (secondary N) is 2. The third-order valence-corrected chi connectivity index (χ3v) is 5.01. The first-order valence-electron chi connectivity index (χ1n) is 9.76. The smallest absolute Gasteiger partial charge is 0.349 e. The number of aromatic amines is 1. The normalized spacial score (nSPS) is 11.7. The summed E-state index contributed by atoms with van der Waals surface area (Å²) in [4.78, 5) is 28.2. The largest absolute Gasteiger partial charge is 0.427 e. The number of ether oxygens (including phenoxy) is 1. The van der Waals surface area contributed by atoms with E-state index in [0.29, 0.717) is 30.9 Å². The molecule has 0 aliphatic carbocycles. The number of H-pyrrole nitrogens is 1. The average Bonchev–Trinajstić information content (AvgIpc) is 3.07. The monoisotopic (exact) mass is 396 g/mol. The Morgan fingerprint density at radius 3 is 2.72 bits per heavy atom. The summed E-state index contributed by atoms with van der Waals surface area (Å²) < 4.78 is 10.6. The van der Waals surface area contributed by atoms with Gasteiger partial charge in [-0.3, -0.25) is 4.79 Å². The third kappa shape index (κ3) is 4.95. The van der Waals surface area contributed by atoms with Crippen molar-refractivity contribution in [2.45, 2.75) is 33.6 Å². The molecule has 3 rings (SSSR count). The number of carbonyl (C=O) groups is 1. The number of para-hydroxylation sites is 1. The van der Waals surface area contributed by atoms with Crippen LogP contribution in [0.3, 0.4) is 0 Å². The lowest BCUT2D eigenvalue weighted by molar-refractivity contribution is 0.0843. The summed E-state index contributed by atoms with van der Waals surface area (Å²) in [5.41, 5.74) is 2.12. The number of amides is 1. The fourth-order valence-corrected chi connectivity index (χ4v) is 3.52. The van der Waals surface area contributed by atoms with Gasteiger partial charge in [-0.1, -0.05) is 32.0 Å². The second-order valence-corrected chi connectivity index (χ2v) is 8.20. The van der Waals surface area contributed by atoms with E-state index in [1.54, 1.807) is 20.1 Å². The first-order valence-corrected chi connectivity index (χ1v) is 9.76. The summed E-state index contributed by atoms with van der Waals surface area (Å²) in [6.07, 6.45) is 3.31. The summed E-state index contributed by atoms with van der Waals surface area (Å²) in [7, 11) is 1.62. The van der Waals surface area contributed by atoms with Crippen LogP contribution in [0.2, 0.25) is 0 Å². The second-order valence-electron chi connectivity index (χ2n) is 8.20. The van der Waals surface area contributed by atoms with Gasteiger partial charge in [-0.05, 0) is 36.6 Å². The molecule has 1 amide bonds. The van der Waals surface area contributed by atoms with E-state index < -0.39 is 11.5 Å². The Kier molecular flexibility index (Phi) is 6.23. The van der Waals surface area contributed by atoms with Gasteiger partial charge < -0.3 is 19.5 Å². The Labute approximate surface area is 170 Å². The molecular formula is C23H28N2O4. The lowest BCUT2D eigenvalue weighted by Gasteiger charge is -2.23. The number of carbonyl (C=O) groups excluding carboxylic acids is 1. The van der Waals surface area contributed by atoms with Crippen molar-refractivity contribution >= 4 is 16.8 Å². The van der Waals surface area contributed by atoms with Gasteiger partial charge in [0.1, 0.15) is 11.3 Å². The highest BCUT2D eigenvalue weighted by atomic mass is 16.5. The molecule has 2 aromatic heterocycles. The van der Waals surface area contributed by atoms with E-state index in [1.807, 2.05) is 38.2 Å². The molecule has 2 N–H and O–H groups in total. The molecule has 0 aliphatic heterocycles. The SMILES string of the molecule is COCC(C)(C)CNC(=O)c1c(C)cc(CCc2c[nH]c3ccccc23)oc1=O. The van der Waals surface area contributed by atoms with Crippen molar-refractivity contribution in [3.63, 3.8) is 0 Å².